The molecule has 2 amide bonds. The maximum atomic E-state index is 11.6. The van der Waals surface area contributed by atoms with Crippen LogP contribution >= 0.6 is 0 Å². The third kappa shape index (κ3) is 4.25. The standard InChI is InChI=1S/C13H20N2O3/c1-2-3-4-8-14-13(18)15-12-10(9-16)6-5-7-11(12)17/h5-7,16-17H,2-4,8-9H2,1H3,(H2,14,15,18). The van der Waals surface area contributed by atoms with Gasteiger partial charge in [0.2, 0.25) is 0 Å². The summed E-state index contributed by atoms with van der Waals surface area (Å²) in [7, 11) is 0. The number of unbranched alkanes of at least 4 members (excludes halogenated alkanes) is 2. The van der Waals surface area contributed by atoms with Crippen molar-refractivity contribution in [1.82, 2.24) is 5.32 Å². The maximum Gasteiger partial charge on any atom is 0.319 e. The lowest BCUT2D eigenvalue weighted by Gasteiger charge is -2.12. The smallest absolute Gasteiger partial charge is 0.319 e. The van der Waals surface area contributed by atoms with Crippen molar-refractivity contribution in [1.29, 1.82) is 0 Å². The Hall–Kier alpha value is -1.75. The highest BCUT2D eigenvalue weighted by Crippen LogP contribution is 2.26. The van der Waals surface area contributed by atoms with Crippen LogP contribution in [-0.2, 0) is 6.61 Å². The molecular weight excluding hydrogens is 232 g/mol. The Morgan fingerprint density at radius 3 is 2.78 bits per heavy atom. The number of benzene rings is 1. The van der Waals surface area contributed by atoms with E-state index in [-0.39, 0.29) is 24.1 Å². The number of aliphatic hydroxyl groups excluding tert-OH is 1. The van der Waals surface area contributed by atoms with Crippen LogP contribution in [0.5, 0.6) is 5.75 Å². The number of aromatic hydroxyl groups is 1. The normalized spacial score (nSPS) is 10.1. The van der Waals surface area contributed by atoms with Gasteiger partial charge >= 0.3 is 6.03 Å². The van der Waals surface area contributed by atoms with Gasteiger partial charge in [-0.05, 0) is 12.5 Å². The second-order valence-corrected chi connectivity index (χ2v) is 4.06. The van der Waals surface area contributed by atoms with Crippen LogP contribution in [0, 0.1) is 0 Å². The Balaban J connectivity index is 2.53. The number of urea groups is 1. The molecule has 0 heterocycles. The molecule has 5 nitrogen and oxygen atoms in total. The molecule has 0 unspecified atom stereocenters. The van der Waals surface area contributed by atoms with Gasteiger partial charge in [0.1, 0.15) is 5.75 Å². The largest absolute Gasteiger partial charge is 0.506 e. The molecule has 4 N–H and O–H groups in total. The molecular formula is C13H20N2O3. The number of anilines is 1. The first kappa shape index (κ1) is 14.3. The van der Waals surface area contributed by atoms with E-state index < -0.39 is 0 Å². The van der Waals surface area contributed by atoms with Gasteiger partial charge in [-0.1, -0.05) is 31.9 Å². The van der Waals surface area contributed by atoms with Gasteiger partial charge in [-0.25, -0.2) is 4.79 Å². The first-order chi connectivity index (χ1) is 8.69. The first-order valence-electron chi connectivity index (χ1n) is 6.15. The molecule has 0 aromatic heterocycles. The lowest BCUT2D eigenvalue weighted by Crippen LogP contribution is -2.29. The number of amides is 2. The monoisotopic (exact) mass is 252 g/mol. The van der Waals surface area contributed by atoms with E-state index in [0.717, 1.165) is 19.3 Å². The Morgan fingerprint density at radius 1 is 1.33 bits per heavy atom. The molecule has 0 radical (unpaired) electrons. The number of aliphatic hydroxyl groups is 1. The molecule has 0 aliphatic heterocycles. The Morgan fingerprint density at radius 2 is 2.11 bits per heavy atom. The molecule has 5 heteroatoms. The lowest BCUT2D eigenvalue weighted by molar-refractivity contribution is 0.251. The van der Waals surface area contributed by atoms with Crippen molar-refractivity contribution in [2.75, 3.05) is 11.9 Å². The van der Waals surface area contributed by atoms with Crippen LogP contribution in [0.3, 0.4) is 0 Å². The third-order valence-corrected chi connectivity index (χ3v) is 2.60. The van der Waals surface area contributed by atoms with Crippen LogP contribution < -0.4 is 10.6 Å². The van der Waals surface area contributed by atoms with Crippen molar-refractivity contribution < 1.29 is 15.0 Å². The van der Waals surface area contributed by atoms with Crippen molar-refractivity contribution >= 4 is 11.7 Å². The van der Waals surface area contributed by atoms with E-state index in [0.29, 0.717) is 12.1 Å². The van der Waals surface area contributed by atoms with Crippen molar-refractivity contribution in [3.8, 4) is 5.75 Å². The average molecular weight is 252 g/mol. The van der Waals surface area contributed by atoms with Gasteiger partial charge in [0.15, 0.2) is 0 Å². The summed E-state index contributed by atoms with van der Waals surface area (Å²) in [6, 6.07) is 4.35. The van der Waals surface area contributed by atoms with Crippen molar-refractivity contribution in [2.24, 2.45) is 0 Å². The summed E-state index contributed by atoms with van der Waals surface area (Å²) in [6.45, 7) is 2.46. The van der Waals surface area contributed by atoms with Gasteiger partial charge in [-0.2, -0.15) is 0 Å². The predicted molar refractivity (Wildman–Crippen MR) is 70.6 cm³/mol. The number of phenols is 1. The maximum absolute atomic E-state index is 11.6. The summed E-state index contributed by atoms with van der Waals surface area (Å²) in [5.41, 5.74) is 0.742. The molecule has 1 aromatic carbocycles. The van der Waals surface area contributed by atoms with E-state index in [4.69, 9.17) is 5.11 Å². The second-order valence-electron chi connectivity index (χ2n) is 4.06. The van der Waals surface area contributed by atoms with Gasteiger partial charge < -0.3 is 20.8 Å². The van der Waals surface area contributed by atoms with Gasteiger partial charge in [0.05, 0.1) is 12.3 Å². The fourth-order valence-electron chi connectivity index (χ4n) is 1.60. The summed E-state index contributed by atoms with van der Waals surface area (Å²) in [5.74, 6) is -0.0507. The molecule has 0 spiro atoms. The molecule has 0 fully saturated rings. The highest BCUT2D eigenvalue weighted by atomic mass is 16.3. The Labute approximate surface area is 107 Å². The topological polar surface area (TPSA) is 81.6 Å². The molecule has 0 saturated heterocycles. The zero-order valence-electron chi connectivity index (χ0n) is 10.6. The Bertz CT molecular complexity index is 394. The summed E-state index contributed by atoms with van der Waals surface area (Å²) in [4.78, 5) is 11.6. The van der Waals surface area contributed by atoms with Crippen LogP contribution in [0.2, 0.25) is 0 Å². The van der Waals surface area contributed by atoms with Crippen LogP contribution in [0.1, 0.15) is 31.7 Å². The van der Waals surface area contributed by atoms with Crippen molar-refractivity contribution in [2.45, 2.75) is 32.8 Å². The van der Waals surface area contributed by atoms with Crippen LogP contribution in [0.4, 0.5) is 10.5 Å². The number of hydrogen-bond acceptors (Lipinski definition) is 3. The number of nitrogens with one attached hydrogen (secondary N) is 2. The highest BCUT2D eigenvalue weighted by Gasteiger charge is 2.09. The number of rotatable bonds is 6. The zero-order chi connectivity index (χ0) is 13.4. The van der Waals surface area contributed by atoms with Gasteiger partial charge in [0, 0.05) is 12.1 Å². The fraction of sp³-hybridized carbons (Fsp3) is 0.462. The number of para-hydroxylation sites is 1. The first-order valence-corrected chi connectivity index (χ1v) is 6.15. The predicted octanol–water partition coefficient (Wildman–Crippen LogP) is 2.20. The van der Waals surface area contributed by atoms with Crippen LogP contribution in [-0.4, -0.2) is 22.8 Å². The van der Waals surface area contributed by atoms with E-state index >= 15 is 0 Å². The van der Waals surface area contributed by atoms with E-state index in [1.54, 1.807) is 12.1 Å². The number of carbonyl (C=O) groups is 1. The third-order valence-electron chi connectivity index (χ3n) is 2.60. The molecule has 0 aliphatic carbocycles. The summed E-state index contributed by atoms with van der Waals surface area (Å²) in [6.07, 6.45) is 3.09. The molecule has 0 atom stereocenters. The number of carbonyl (C=O) groups excluding carboxylic acids is 1. The number of hydrogen-bond donors (Lipinski definition) is 4. The van der Waals surface area contributed by atoms with E-state index in [1.165, 1.54) is 6.07 Å². The lowest BCUT2D eigenvalue weighted by atomic mass is 10.1. The molecule has 1 rings (SSSR count). The van der Waals surface area contributed by atoms with E-state index in [2.05, 4.69) is 17.6 Å². The minimum atomic E-state index is -0.373. The quantitative estimate of drug-likeness (QED) is 0.463. The zero-order valence-corrected chi connectivity index (χ0v) is 10.6. The Kier molecular flexibility index (Phi) is 6.00. The van der Waals surface area contributed by atoms with Crippen molar-refractivity contribution in [3.05, 3.63) is 23.8 Å². The molecule has 0 bridgehead atoms. The molecule has 100 valence electrons. The average Bonchev–Trinajstić information content (AvgIpc) is 2.37. The van der Waals surface area contributed by atoms with Crippen LogP contribution in [0.15, 0.2) is 18.2 Å². The molecule has 18 heavy (non-hydrogen) atoms. The summed E-state index contributed by atoms with van der Waals surface area (Å²) >= 11 is 0. The minimum absolute atomic E-state index is 0.0507. The number of phenolic OH excluding ortho intramolecular Hbond substituents is 1. The summed E-state index contributed by atoms with van der Waals surface area (Å²) < 4.78 is 0. The fourth-order valence-corrected chi connectivity index (χ4v) is 1.60. The van der Waals surface area contributed by atoms with Gasteiger partial charge in [0.25, 0.3) is 0 Å². The molecule has 1 aromatic rings. The highest BCUT2D eigenvalue weighted by molar-refractivity contribution is 5.91. The van der Waals surface area contributed by atoms with Gasteiger partial charge in [-0.3, -0.25) is 0 Å². The van der Waals surface area contributed by atoms with Crippen LogP contribution in [0.25, 0.3) is 0 Å². The van der Waals surface area contributed by atoms with E-state index in [1.807, 2.05) is 0 Å². The minimum Gasteiger partial charge on any atom is -0.506 e. The van der Waals surface area contributed by atoms with E-state index in [9.17, 15) is 9.90 Å². The molecule has 0 saturated carbocycles. The van der Waals surface area contributed by atoms with Crippen molar-refractivity contribution in [3.63, 3.8) is 0 Å². The summed E-state index contributed by atoms with van der Waals surface area (Å²) in [5, 5.41) is 24.0. The SMILES string of the molecule is CCCCCNC(=O)Nc1c(O)cccc1CO. The second kappa shape index (κ2) is 7.55. The molecule has 0 aliphatic rings. The van der Waals surface area contributed by atoms with Gasteiger partial charge in [-0.15, -0.1) is 0 Å².